The van der Waals surface area contributed by atoms with Crippen LogP contribution in [-0.2, 0) is 0 Å². The minimum Gasteiger partial charge on any atom is -0.507 e. The number of phenolic OH excluding ortho intramolecular Hbond substituents is 2. The van der Waals surface area contributed by atoms with Crippen molar-refractivity contribution in [1.82, 2.24) is 0 Å². The van der Waals surface area contributed by atoms with E-state index in [-0.39, 0.29) is 11.5 Å². The molecule has 16 heavy (non-hydrogen) atoms. The van der Waals surface area contributed by atoms with E-state index in [1.54, 1.807) is 42.5 Å². The van der Waals surface area contributed by atoms with Crippen LogP contribution in [-0.4, -0.2) is 10.2 Å². The first-order chi connectivity index (χ1) is 7.74. The molecule has 0 amide bonds. The summed E-state index contributed by atoms with van der Waals surface area (Å²) in [7, 11) is 0. The second-order valence-electron chi connectivity index (χ2n) is 3.36. The SMILES string of the molecule is C#Cc1cccc(O)c1-c1ccccc1O. The van der Waals surface area contributed by atoms with Gasteiger partial charge < -0.3 is 10.2 Å². The molecule has 0 atom stereocenters. The number of para-hydroxylation sites is 1. The Morgan fingerprint density at radius 1 is 0.875 bits per heavy atom. The predicted molar refractivity (Wildman–Crippen MR) is 63.1 cm³/mol. The van der Waals surface area contributed by atoms with Gasteiger partial charge in [0.2, 0.25) is 0 Å². The summed E-state index contributed by atoms with van der Waals surface area (Å²) in [6.07, 6.45) is 5.36. The lowest BCUT2D eigenvalue weighted by Crippen LogP contribution is -1.85. The van der Waals surface area contributed by atoms with Crippen LogP contribution in [0.3, 0.4) is 0 Å². The van der Waals surface area contributed by atoms with Gasteiger partial charge in [0, 0.05) is 16.7 Å². The maximum absolute atomic E-state index is 9.79. The van der Waals surface area contributed by atoms with Crippen LogP contribution < -0.4 is 0 Å². The van der Waals surface area contributed by atoms with Gasteiger partial charge in [-0.3, -0.25) is 0 Å². The lowest BCUT2D eigenvalue weighted by atomic mass is 9.98. The highest BCUT2D eigenvalue weighted by Gasteiger charge is 2.11. The van der Waals surface area contributed by atoms with Crippen molar-refractivity contribution in [3.8, 4) is 35.0 Å². The Labute approximate surface area is 93.8 Å². The van der Waals surface area contributed by atoms with Crippen LogP contribution in [0.2, 0.25) is 0 Å². The van der Waals surface area contributed by atoms with Crippen molar-refractivity contribution >= 4 is 0 Å². The van der Waals surface area contributed by atoms with E-state index in [4.69, 9.17) is 6.42 Å². The van der Waals surface area contributed by atoms with E-state index in [9.17, 15) is 10.2 Å². The lowest BCUT2D eigenvalue weighted by molar-refractivity contribution is 0.469. The number of phenols is 2. The molecule has 2 heteroatoms. The summed E-state index contributed by atoms with van der Waals surface area (Å²) in [5.74, 6) is 2.66. The van der Waals surface area contributed by atoms with Gasteiger partial charge in [0.25, 0.3) is 0 Å². The van der Waals surface area contributed by atoms with E-state index >= 15 is 0 Å². The van der Waals surface area contributed by atoms with Crippen LogP contribution in [0, 0.1) is 12.3 Å². The second kappa shape index (κ2) is 4.00. The molecule has 78 valence electrons. The van der Waals surface area contributed by atoms with Crippen LogP contribution >= 0.6 is 0 Å². The van der Waals surface area contributed by atoms with Crippen molar-refractivity contribution in [2.24, 2.45) is 0 Å². The molecule has 2 nitrogen and oxygen atoms in total. The van der Waals surface area contributed by atoms with Crippen molar-refractivity contribution in [2.45, 2.75) is 0 Å². The van der Waals surface area contributed by atoms with Crippen LogP contribution in [0.15, 0.2) is 42.5 Å². The first kappa shape index (κ1) is 10.1. The van der Waals surface area contributed by atoms with E-state index < -0.39 is 0 Å². The van der Waals surface area contributed by atoms with Crippen molar-refractivity contribution in [1.29, 1.82) is 0 Å². The van der Waals surface area contributed by atoms with Gasteiger partial charge in [-0.05, 0) is 18.2 Å². The monoisotopic (exact) mass is 210 g/mol. The Hall–Kier alpha value is -2.40. The molecular weight excluding hydrogens is 200 g/mol. The van der Waals surface area contributed by atoms with Gasteiger partial charge in [-0.2, -0.15) is 0 Å². The fraction of sp³-hybridized carbons (Fsp3) is 0. The van der Waals surface area contributed by atoms with Crippen LogP contribution in [0.25, 0.3) is 11.1 Å². The summed E-state index contributed by atoms with van der Waals surface area (Å²) in [5.41, 5.74) is 1.58. The van der Waals surface area contributed by atoms with Gasteiger partial charge in [-0.25, -0.2) is 0 Å². The summed E-state index contributed by atoms with van der Waals surface area (Å²) in [6.45, 7) is 0. The zero-order chi connectivity index (χ0) is 11.5. The predicted octanol–water partition coefficient (Wildman–Crippen LogP) is 2.75. The Morgan fingerprint density at radius 3 is 2.25 bits per heavy atom. The molecule has 0 spiro atoms. The van der Waals surface area contributed by atoms with Gasteiger partial charge in [0.05, 0.1) is 0 Å². The van der Waals surface area contributed by atoms with E-state index in [0.717, 1.165) is 0 Å². The Morgan fingerprint density at radius 2 is 1.56 bits per heavy atom. The van der Waals surface area contributed by atoms with Crippen LogP contribution in [0.5, 0.6) is 11.5 Å². The van der Waals surface area contributed by atoms with Crippen molar-refractivity contribution in [3.05, 3.63) is 48.0 Å². The van der Waals surface area contributed by atoms with Crippen LogP contribution in [0.4, 0.5) is 0 Å². The van der Waals surface area contributed by atoms with Gasteiger partial charge in [0.1, 0.15) is 11.5 Å². The van der Waals surface area contributed by atoms with Gasteiger partial charge >= 0.3 is 0 Å². The fourth-order valence-electron chi connectivity index (χ4n) is 1.63. The molecule has 2 N–H and O–H groups in total. The molecule has 0 bridgehead atoms. The largest absolute Gasteiger partial charge is 0.507 e. The quantitative estimate of drug-likeness (QED) is 0.710. The molecule has 0 radical (unpaired) electrons. The number of hydrogen-bond acceptors (Lipinski definition) is 2. The summed E-state index contributed by atoms with van der Waals surface area (Å²) < 4.78 is 0. The molecule has 0 saturated heterocycles. The number of terminal acetylenes is 1. The second-order valence-corrected chi connectivity index (χ2v) is 3.36. The Kier molecular flexibility index (Phi) is 2.53. The van der Waals surface area contributed by atoms with Crippen molar-refractivity contribution in [2.75, 3.05) is 0 Å². The Bertz CT molecular complexity index is 565. The highest BCUT2D eigenvalue weighted by Crippen LogP contribution is 2.37. The molecule has 2 aromatic carbocycles. The summed E-state index contributed by atoms with van der Waals surface area (Å²) >= 11 is 0. The third kappa shape index (κ3) is 1.59. The highest BCUT2D eigenvalue weighted by atomic mass is 16.3. The molecular formula is C14H10O2. The van der Waals surface area contributed by atoms with E-state index in [0.29, 0.717) is 16.7 Å². The minimum atomic E-state index is 0.0666. The number of hydrogen-bond donors (Lipinski definition) is 2. The average Bonchev–Trinajstić information content (AvgIpc) is 2.30. The first-order valence-electron chi connectivity index (χ1n) is 4.81. The number of benzene rings is 2. The van der Waals surface area contributed by atoms with E-state index in [1.807, 2.05) is 0 Å². The highest BCUT2D eigenvalue weighted by molar-refractivity contribution is 5.80. The first-order valence-corrected chi connectivity index (χ1v) is 4.81. The fourth-order valence-corrected chi connectivity index (χ4v) is 1.63. The minimum absolute atomic E-state index is 0.0666. The molecule has 2 rings (SSSR count). The number of aromatic hydroxyl groups is 2. The zero-order valence-electron chi connectivity index (χ0n) is 8.51. The zero-order valence-corrected chi connectivity index (χ0v) is 8.51. The maximum Gasteiger partial charge on any atom is 0.124 e. The molecule has 0 heterocycles. The lowest BCUT2D eigenvalue weighted by Gasteiger charge is -2.09. The van der Waals surface area contributed by atoms with Gasteiger partial charge in [-0.1, -0.05) is 30.2 Å². The Balaban J connectivity index is 2.75. The summed E-state index contributed by atoms with van der Waals surface area (Å²) in [6, 6.07) is 11.7. The third-order valence-electron chi connectivity index (χ3n) is 2.37. The van der Waals surface area contributed by atoms with Gasteiger partial charge in [0.15, 0.2) is 0 Å². The summed E-state index contributed by atoms with van der Waals surface area (Å²) in [4.78, 5) is 0. The average molecular weight is 210 g/mol. The van der Waals surface area contributed by atoms with Crippen molar-refractivity contribution < 1.29 is 10.2 Å². The molecule has 0 unspecified atom stereocenters. The molecule has 0 fully saturated rings. The molecule has 0 aliphatic carbocycles. The maximum atomic E-state index is 9.79. The molecule has 0 aliphatic rings. The van der Waals surface area contributed by atoms with E-state index in [1.165, 1.54) is 0 Å². The third-order valence-corrected chi connectivity index (χ3v) is 2.37. The standard InChI is InChI=1S/C14H10O2/c1-2-10-6-5-9-13(16)14(10)11-7-3-4-8-12(11)15/h1,3-9,15-16H. The smallest absolute Gasteiger partial charge is 0.124 e. The molecule has 0 aliphatic heterocycles. The van der Waals surface area contributed by atoms with Crippen LogP contribution in [0.1, 0.15) is 5.56 Å². The molecule has 2 aromatic rings. The number of rotatable bonds is 1. The van der Waals surface area contributed by atoms with E-state index in [2.05, 4.69) is 5.92 Å². The van der Waals surface area contributed by atoms with Crippen molar-refractivity contribution in [3.63, 3.8) is 0 Å². The molecule has 0 saturated carbocycles. The van der Waals surface area contributed by atoms with Gasteiger partial charge in [-0.15, -0.1) is 6.42 Å². The topological polar surface area (TPSA) is 40.5 Å². The molecule has 0 aromatic heterocycles. The summed E-state index contributed by atoms with van der Waals surface area (Å²) in [5, 5.41) is 19.5. The normalized spacial score (nSPS) is 9.69.